The molecule has 0 spiro atoms. The van der Waals surface area contributed by atoms with Gasteiger partial charge in [0.2, 0.25) is 0 Å². The van der Waals surface area contributed by atoms with Crippen molar-refractivity contribution in [3.05, 3.63) is 58.4 Å². The number of hydrogen-bond donors (Lipinski definition) is 2. The van der Waals surface area contributed by atoms with E-state index in [2.05, 4.69) is 15.2 Å². The maximum absolute atomic E-state index is 13.6. The zero-order chi connectivity index (χ0) is 20.1. The highest BCUT2D eigenvalue weighted by molar-refractivity contribution is 5.80. The molecule has 0 aliphatic carbocycles. The molecule has 0 fully saturated rings. The fourth-order valence-corrected chi connectivity index (χ4v) is 3.44. The topological polar surface area (TPSA) is 66.3 Å². The molecule has 1 aliphatic rings. The van der Waals surface area contributed by atoms with Gasteiger partial charge >= 0.3 is 0 Å². The van der Waals surface area contributed by atoms with Gasteiger partial charge in [0.05, 0.1) is 20.8 Å². The van der Waals surface area contributed by atoms with Gasteiger partial charge in [0.25, 0.3) is 0 Å². The molecule has 3 rings (SSSR count). The van der Waals surface area contributed by atoms with Crippen LogP contribution in [0, 0.1) is 5.82 Å². The van der Waals surface area contributed by atoms with E-state index in [0.717, 1.165) is 30.2 Å². The predicted molar refractivity (Wildman–Crippen MR) is 106 cm³/mol. The predicted octanol–water partition coefficient (Wildman–Crippen LogP) is 2.47. The minimum atomic E-state index is -0.396. The van der Waals surface area contributed by atoms with Crippen LogP contribution in [0.25, 0.3) is 0 Å². The number of hydrogen-bond acceptors (Lipinski definition) is 4. The summed E-state index contributed by atoms with van der Waals surface area (Å²) in [4.78, 5) is 6.56. The zero-order valence-corrected chi connectivity index (χ0v) is 16.5. The Morgan fingerprint density at radius 3 is 2.54 bits per heavy atom. The minimum Gasteiger partial charge on any atom is -0.493 e. The first-order valence-corrected chi connectivity index (χ1v) is 9.17. The Bertz CT molecular complexity index is 870. The molecule has 0 aromatic heterocycles. The lowest BCUT2D eigenvalue weighted by molar-refractivity contribution is 0.275. The molecule has 0 atom stereocenters. The molecule has 6 nitrogen and oxygen atoms in total. The van der Waals surface area contributed by atoms with Crippen LogP contribution >= 0.6 is 0 Å². The van der Waals surface area contributed by atoms with Gasteiger partial charge in [0.1, 0.15) is 5.82 Å². The third-order valence-corrected chi connectivity index (χ3v) is 4.96. The van der Waals surface area contributed by atoms with Crippen molar-refractivity contribution in [1.29, 1.82) is 0 Å². The molecule has 28 heavy (non-hydrogen) atoms. The Balaban J connectivity index is 1.71. The van der Waals surface area contributed by atoms with Gasteiger partial charge in [0, 0.05) is 32.2 Å². The molecule has 2 aromatic rings. The fraction of sp³-hybridized carbons (Fsp3) is 0.381. The molecule has 0 saturated carbocycles. The number of aliphatic imine (C=N–C) groups is 1. The largest absolute Gasteiger partial charge is 0.493 e. The third kappa shape index (κ3) is 4.20. The summed E-state index contributed by atoms with van der Waals surface area (Å²) >= 11 is 0. The number of benzene rings is 2. The number of aliphatic hydroxyl groups is 1. The normalized spacial score (nSPS) is 13.9. The maximum Gasteiger partial charge on any atom is 0.194 e. The monoisotopic (exact) mass is 387 g/mol. The average molecular weight is 387 g/mol. The second kappa shape index (κ2) is 8.93. The standard InChI is InChI=1S/C21H26FN3O3/c1-23-21(24-11-14-4-5-18(22)17(8-14)13-26)25-7-6-15-9-19(27-2)20(28-3)10-16(15)12-25/h4-5,8-10,26H,6-7,11-13H2,1-3H3,(H,23,24). The number of ether oxygens (including phenoxy) is 2. The molecule has 0 radical (unpaired) electrons. The Morgan fingerprint density at radius 1 is 1.18 bits per heavy atom. The molecule has 150 valence electrons. The second-order valence-electron chi connectivity index (χ2n) is 6.63. The van der Waals surface area contributed by atoms with E-state index >= 15 is 0 Å². The minimum absolute atomic E-state index is 0.294. The van der Waals surface area contributed by atoms with Crippen molar-refractivity contribution in [2.45, 2.75) is 26.1 Å². The highest BCUT2D eigenvalue weighted by atomic mass is 19.1. The van der Waals surface area contributed by atoms with Crippen molar-refractivity contribution in [2.24, 2.45) is 4.99 Å². The van der Waals surface area contributed by atoms with Crippen LogP contribution in [0.4, 0.5) is 4.39 Å². The molecule has 1 heterocycles. The van der Waals surface area contributed by atoms with Crippen LogP contribution in [0.15, 0.2) is 35.3 Å². The van der Waals surface area contributed by atoms with Gasteiger partial charge < -0.3 is 24.8 Å². The van der Waals surface area contributed by atoms with Gasteiger partial charge in [-0.15, -0.1) is 0 Å². The molecule has 0 bridgehead atoms. The Morgan fingerprint density at radius 2 is 1.89 bits per heavy atom. The smallest absolute Gasteiger partial charge is 0.194 e. The average Bonchev–Trinajstić information content (AvgIpc) is 2.73. The molecule has 2 aromatic carbocycles. The van der Waals surface area contributed by atoms with E-state index < -0.39 is 5.82 Å². The van der Waals surface area contributed by atoms with E-state index in [1.54, 1.807) is 33.4 Å². The van der Waals surface area contributed by atoms with Crippen molar-refractivity contribution in [2.75, 3.05) is 27.8 Å². The number of halogens is 1. The zero-order valence-electron chi connectivity index (χ0n) is 16.5. The van der Waals surface area contributed by atoms with Crippen LogP contribution in [-0.4, -0.2) is 43.8 Å². The van der Waals surface area contributed by atoms with Crippen molar-refractivity contribution >= 4 is 5.96 Å². The number of aliphatic hydroxyl groups excluding tert-OH is 1. The van der Waals surface area contributed by atoms with Crippen LogP contribution in [0.3, 0.4) is 0 Å². The summed E-state index contributed by atoms with van der Waals surface area (Å²) in [6.07, 6.45) is 0.877. The number of nitrogens with zero attached hydrogens (tertiary/aromatic N) is 2. The molecule has 1 aliphatic heterocycles. The quantitative estimate of drug-likeness (QED) is 0.610. The number of methoxy groups -OCH3 is 2. The van der Waals surface area contributed by atoms with Crippen LogP contribution in [-0.2, 0) is 26.1 Å². The first-order chi connectivity index (χ1) is 13.6. The molecule has 0 amide bonds. The summed E-state index contributed by atoms with van der Waals surface area (Å²) in [7, 11) is 5.02. The van der Waals surface area contributed by atoms with Crippen LogP contribution < -0.4 is 14.8 Å². The lowest BCUT2D eigenvalue weighted by atomic mass is 9.99. The van der Waals surface area contributed by atoms with E-state index in [0.29, 0.717) is 24.4 Å². The van der Waals surface area contributed by atoms with Crippen LogP contribution in [0.2, 0.25) is 0 Å². The summed E-state index contributed by atoms with van der Waals surface area (Å²) in [5, 5.41) is 12.6. The van der Waals surface area contributed by atoms with E-state index in [9.17, 15) is 9.50 Å². The lowest BCUT2D eigenvalue weighted by Gasteiger charge is -2.32. The Hall–Kier alpha value is -2.80. The van der Waals surface area contributed by atoms with Gasteiger partial charge in [-0.05, 0) is 47.4 Å². The molecular formula is C21H26FN3O3. The van der Waals surface area contributed by atoms with E-state index in [1.807, 2.05) is 12.1 Å². The van der Waals surface area contributed by atoms with Gasteiger partial charge in [-0.25, -0.2) is 4.39 Å². The van der Waals surface area contributed by atoms with E-state index in [-0.39, 0.29) is 6.61 Å². The summed E-state index contributed by atoms with van der Waals surface area (Å²) in [5.74, 6) is 1.84. The fourth-order valence-electron chi connectivity index (χ4n) is 3.44. The SMILES string of the molecule is CN=C(NCc1ccc(F)c(CO)c1)N1CCc2cc(OC)c(OC)cc2C1. The van der Waals surface area contributed by atoms with Crippen molar-refractivity contribution in [1.82, 2.24) is 10.2 Å². The maximum atomic E-state index is 13.6. The lowest BCUT2D eigenvalue weighted by Crippen LogP contribution is -2.43. The summed E-state index contributed by atoms with van der Waals surface area (Å²) in [6.45, 7) is 1.71. The molecular weight excluding hydrogens is 361 g/mol. The second-order valence-corrected chi connectivity index (χ2v) is 6.63. The summed E-state index contributed by atoms with van der Waals surface area (Å²) < 4.78 is 24.4. The van der Waals surface area contributed by atoms with Gasteiger partial charge in [-0.3, -0.25) is 4.99 Å². The van der Waals surface area contributed by atoms with Gasteiger partial charge in [-0.1, -0.05) is 6.07 Å². The highest BCUT2D eigenvalue weighted by Gasteiger charge is 2.21. The van der Waals surface area contributed by atoms with Crippen LogP contribution in [0.5, 0.6) is 11.5 Å². The molecule has 0 saturated heterocycles. The number of nitrogens with one attached hydrogen (secondary N) is 1. The number of rotatable bonds is 5. The summed E-state index contributed by atoms with van der Waals surface area (Å²) in [6, 6.07) is 8.80. The third-order valence-electron chi connectivity index (χ3n) is 4.96. The summed E-state index contributed by atoms with van der Waals surface area (Å²) in [5.41, 5.74) is 3.60. The Labute approximate surface area is 164 Å². The van der Waals surface area contributed by atoms with E-state index in [1.165, 1.54) is 17.2 Å². The molecule has 2 N–H and O–H groups in total. The van der Waals surface area contributed by atoms with Gasteiger partial charge in [0.15, 0.2) is 17.5 Å². The van der Waals surface area contributed by atoms with Crippen molar-refractivity contribution in [3.8, 4) is 11.5 Å². The molecule has 7 heteroatoms. The van der Waals surface area contributed by atoms with Crippen LogP contribution in [0.1, 0.15) is 22.3 Å². The van der Waals surface area contributed by atoms with Gasteiger partial charge in [-0.2, -0.15) is 0 Å². The highest BCUT2D eigenvalue weighted by Crippen LogP contribution is 2.33. The molecule has 0 unspecified atom stereocenters. The van der Waals surface area contributed by atoms with E-state index in [4.69, 9.17) is 9.47 Å². The number of guanidine groups is 1. The van der Waals surface area contributed by atoms with Crippen molar-refractivity contribution in [3.63, 3.8) is 0 Å². The number of fused-ring (bicyclic) bond motifs is 1. The van der Waals surface area contributed by atoms with Crippen molar-refractivity contribution < 1.29 is 19.0 Å². The first-order valence-electron chi connectivity index (χ1n) is 9.17. The Kier molecular flexibility index (Phi) is 6.36. The first kappa shape index (κ1) is 19.9.